The predicted octanol–water partition coefficient (Wildman–Crippen LogP) is 4.75. The van der Waals surface area contributed by atoms with Gasteiger partial charge in [-0.15, -0.1) is 0 Å². The highest BCUT2D eigenvalue weighted by atomic mass is 16.5. The largest absolute Gasteiger partial charge is 0.507 e. The van der Waals surface area contributed by atoms with E-state index in [2.05, 4.69) is 10.5 Å². The van der Waals surface area contributed by atoms with E-state index in [0.29, 0.717) is 19.0 Å². The van der Waals surface area contributed by atoms with Gasteiger partial charge >= 0.3 is 0 Å². The zero-order chi connectivity index (χ0) is 25.8. The summed E-state index contributed by atoms with van der Waals surface area (Å²) in [6.45, 7) is 10.3. The van der Waals surface area contributed by atoms with E-state index < -0.39 is 0 Å². The number of hydrazone groups is 1. The molecule has 0 spiro atoms. The SMILES string of the molecule is CC(=O)NN=Cc1ccc(OCCCCCOc2ccc(C(=O)N(C(C)C)C(C)C)c(O)c2)cc1. The topological polar surface area (TPSA) is 100 Å². The van der Waals surface area contributed by atoms with Crippen molar-refractivity contribution in [3.05, 3.63) is 53.6 Å². The Hall–Kier alpha value is -3.55. The molecule has 2 amide bonds. The number of aromatic hydroxyl groups is 1. The Labute approximate surface area is 207 Å². The van der Waals surface area contributed by atoms with Gasteiger partial charge in [0.15, 0.2) is 0 Å². The molecule has 190 valence electrons. The second-order valence-corrected chi connectivity index (χ2v) is 8.83. The summed E-state index contributed by atoms with van der Waals surface area (Å²) in [4.78, 5) is 25.3. The number of carbonyl (C=O) groups is 2. The highest BCUT2D eigenvalue weighted by Crippen LogP contribution is 2.26. The van der Waals surface area contributed by atoms with Gasteiger partial charge in [0.05, 0.1) is 25.0 Å². The quantitative estimate of drug-likeness (QED) is 0.243. The lowest BCUT2D eigenvalue weighted by atomic mass is 10.1. The van der Waals surface area contributed by atoms with Crippen LogP contribution in [0.1, 0.15) is 69.8 Å². The van der Waals surface area contributed by atoms with Gasteiger partial charge in [-0.3, -0.25) is 9.59 Å². The van der Waals surface area contributed by atoms with Gasteiger partial charge in [0.2, 0.25) is 5.91 Å². The van der Waals surface area contributed by atoms with Crippen molar-refractivity contribution in [1.29, 1.82) is 0 Å². The second-order valence-electron chi connectivity index (χ2n) is 8.83. The van der Waals surface area contributed by atoms with Gasteiger partial charge in [-0.05, 0) is 88.9 Å². The zero-order valence-electron chi connectivity index (χ0n) is 21.3. The van der Waals surface area contributed by atoms with Crippen LogP contribution in [-0.2, 0) is 4.79 Å². The molecule has 2 N–H and O–H groups in total. The third-order valence-corrected chi connectivity index (χ3v) is 5.19. The molecule has 0 bridgehead atoms. The van der Waals surface area contributed by atoms with Crippen LogP contribution in [0.5, 0.6) is 17.2 Å². The molecule has 0 aliphatic carbocycles. The molecule has 0 aromatic heterocycles. The molecule has 0 unspecified atom stereocenters. The van der Waals surface area contributed by atoms with Crippen molar-refractivity contribution in [1.82, 2.24) is 10.3 Å². The van der Waals surface area contributed by atoms with E-state index in [4.69, 9.17) is 9.47 Å². The Bertz CT molecular complexity index is 979. The molecule has 0 atom stereocenters. The van der Waals surface area contributed by atoms with Crippen LogP contribution in [0.15, 0.2) is 47.6 Å². The predicted molar refractivity (Wildman–Crippen MR) is 137 cm³/mol. The summed E-state index contributed by atoms with van der Waals surface area (Å²) in [6, 6.07) is 12.4. The molecule has 0 saturated heterocycles. The standard InChI is InChI=1S/C27H37N3O5/c1-19(2)30(20(3)4)27(33)25-14-13-24(17-26(25)32)35-16-8-6-7-15-34-23-11-9-22(10-12-23)18-28-29-21(5)31/h9-14,17-20,32H,6-8,15-16H2,1-5H3,(H,29,31). The fraction of sp³-hybridized carbons (Fsp3) is 0.444. The van der Waals surface area contributed by atoms with E-state index in [-0.39, 0.29) is 35.2 Å². The number of ether oxygens (including phenoxy) is 2. The van der Waals surface area contributed by atoms with E-state index in [9.17, 15) is 14.7 Å². The van der Waals surface area contributed by atoms with Crippen molar-refractivity contribution in [2.45, 2.75) is 66.0 Å². The van der Waals surface area contributed by atoms with Gasteiger partial charge in [-0.1, -0.05) is 0 Å². The first-order valence-corrected chi connectivity index (χ1v) is 12.0. The number of phenolic OH excluding ortho intramolecular Hbond substituents is 1. The maximum absolute atomic E-state index is 12.8. The zero-order valence-corrected chi connectivity index (χ0v) is 21.3. The van der Waals surface area contributed by atoms with Crippen molar-refractivity contribution in [2.75, 3.05) is 13.2 Å². The summed E-state index contributed by atoms with van der Waals surface area (Å²) >= 11 is 0. The maximum atomic E-state index is 12.8. The first-order chi connectivity index (χ1) is 16.7. The van der Waals surface area contributed by atoms with Gasteiger partial charge in [0.25, 0.3) is 5.91 Å². The fourth-order valence-electron chi connectivity index (χ4n) is 3.60. The highest BCUT2D eigenvalue weighted by molar-refractivity contribution is 5.97. The average Bonchev–Trinajstić information content (AvgIpc) is 2.78. The highest BCUT2D eigenvalue weighted by Gasteiger charge is 2.24. The van der Waals surface area contributed by atoms with Crippen LogP contribution in [0.4, 0.5) is 0 Å². The fourth-order valence-corrected chi connectivity index (χ4v) is 3.60. The lowest BCUT2D eigenvalue weighted by Gasteiger charge is -2.31. The van der Waals surface area contributed by atoms with Crippen LogP contribution in [0.3, 0.4) is 0 Å². The number of phenols is 1. The van der Waals surface area contributed by atoms with Gasteiger partial charge in [-0.25, -0.2) is 5.43 Å². The molecule has 8 nitrogen and oxygen atoms in total. The van der Waals surface area contributed by atoms with Crippen molar-refractivity contribution >= 4 is 18.0 Å². The smallest absolute Gasteiger partial charge is 0.258 e. The molecule has 0 fully saturated rings. The van der Waals surface area contributed by atoms with Crippen LogP contribution < -0.4 is 14.9 Å². The third-order valence-electron chi connectivity index (χ3n) is 5.19. The summed E-state index contributed by atoms with van der Waals surface area (Å²) < 4.78 is 11.5. The summed E-state index contributed by atoms with van der Waals surface area (Å²) in [6.07, 6.45) is 4.23. The lowest BCUT2D eigenvalue weighted by Crippen LogP contribution is -2.42. The molecule has 0 heterocycles. The molecule has 35 heavy (non-hydrogen) atoms. The van der Waals surface area contributed by atoms with Gasteiger partial charge in [0.1, 0.15) is 17.2 Å². The number of unbranched alkanes of at least 4 members (excludes halogenated alkanes) is 2. The number of nitrogens with one attached hydrogen (secondary N) is 1. The summed E-state index contributed by atoms with van der Waals surface area (Å²) in [5.41, 5.74) is 3.51. The Balaban J connectivity index is 1.69. The average molecular weight is 484 g/mol. The molecule has 0 radical (unpaired) electrons. The van der Waals surface area contributed by atoms with Crippen LogP contribution in [0.25, 0.3) is 0 Å². The summed E-state index contributed by atoms with van der Waals surface area (Å²) in [5, 5.41) is 14.2. The third kappa shape index (κ3) is 9.31. The monoisotopic (exact) mass is 483 g/mol. The number of benzene rings is 2. The van der Waals surface area contributed by atoms with E-state index in [0.717, 1.165) is 30.6 Å². The molecular weight excluding hydrogens is 446 g/mol. The van der Waals surface area contributed by atoms with Crippen molar-refractivity contribution in [3.8, 4) is 17.2 Å². The van der Waals surface area contributed by atoms with Gasteiger partial charge in [0, 0.05) is 25.1 Å². The molecule has 0 aliphatic heterocycles. The summed E-state index contributed by atoms with van der Waals surface area (Å²) in [5.74, 6) is 0.843. The van der Waals surface area contributed by atoms with Crippen LogP contribution in [-0.4, -0.2) is 53.3 Å². The van der Waals surface area contributed by atoms with E-state index in [1.807, 2.05) is 52.0 Å². The molecule has 2 rings (SSSR count). The maximum Gasteiger partial charge on any atom is 0.258 e. The number of nitrogens with zero attached hydrogens (tertiary/aromatic N) is 2. The Morgan fingerprint density at radius 3 is 2.06 bits per heavy atom. The van der Waals surface area contributed by atoms with Crippen molar-refractivity contribution in [2.24, 2.45) is 5.10 Å². The van der Waals surface area contributed by atoms with Crippen LogP contribution in [0, 0.1) is 0 Å². The Morgan fingerprint density at radius 2 is 1.51 bits per heavy atom. The minimum absolute atomic E-state index is 0.0387. The number of rotatable bonds is 13. The van der Waals surface area contributed by atoms with E-state index in [1.165, 1.54) is 13.0 Å². The van der Waals surface area contributed by atoms with Crippen LogP contribution >= 0.6 is 0 Å². The molecule has 0 aliphatic rings. The lowest BCUT2D eigenvalue weighted by molar-refractivity contribution is -0.118. The number of carbonyl (C=O) groups excluding carboxylic acids is 2. The molecular formula is C27H37N3O5. The van der Waals surface area contributed by atoms with Crippen LogP contribution in [0.2, 0.25) is 0 Å². The number of hydrogen-bond acceptors (Lipinski definition) is 6. The Morgan fingerprint density at radius 1 is 0.943 bits per heavy atom. The van der Waals surface area contributed by atoms with Crippen molar-refractivity contribution in [3.63, 3.8) is 0 Å². The second kappa shape index (κ2) is 14.0. The summed E-state index contributed by atoms with van der Waals surface area (Å²) in [7, 11) is 0. The first-order valence-electron chi connectivity index (χ1n) is 12.0. The van der Waals surface area contributed by atoms with E-state index >= 15 is 0 Å². The number of hydrogen-bond donors (Lipinski definition) is 2. The minimum Gasteiger partial charge on any atom is -0.507 e. The molecule has 2 aromatic carbocycles. The van der Waals surface area contributed by atoms with Crippen molar-refractivity contribution < 1.29 is 24.2 Å². The Kier molecular flexibility index (Phi) is 11.1. The first kappa shape index (κ1) is 27.7. The molecule has 8 heteroatoms. The van der Waals surface area contributed by atoms with Gasteiger partial charge < -0.3 is 19.5 Å². The van der Waals surface area contributed by atoms with Gasteiger partial charge in [-0.2, -0.15) is 5.10 Å². The molecule has 2 aromatic rings. The van der Waals surface area contributed by atoms with E-state index in [1.54, 1.807) is 23.2 Å². The molecule has 0 saturated carbocycles. The normalized spacial score (nSPS) is 11.2. The minimum atomic E-state index is -0.214. The number of amides is 2.